The molecule has 0 aliphatic heterocycles. The molecule has 0 unspecified atom stereocenters. The fourth-order valence-corrected chi connectivity index (χ4v) is 3.01. The van der Waals surface area contributed by atoms with Gasteiger partial charge in [-0.05, 0) is 36.3 Å². The summed E-state index contributed by atoms with van der Waals surface area (Å²) in [6, 6.07) is 9.21. The van der Waals surface area contributed by atoms with Gasteiger partial charge in [-0.3, -0.25) is 0 Å². The van der Waals surface area contributed by atoms with E-state index in [1.54, 1.807) is 0 Å². The van der Waals surface area contributed by atoms with Crippen molar-refractivity contribution in [3.8, 4) is 0 Å². The van der Waals surface area contributed by atoms with Crippen molar-refractivity contribution in [3.05, 3.63) is 35.4 Å². The number of hydrogen-bond acceptors (Lipinski definition) is 0. The first kappa shape index (κ1) is 12.7. The fourth-order valence-electron chi connectivity index (χ4n) is 3.01. The molecule has 1 aliphatic rings. The van der Waals surface area contributed by atoms with Gasteiger partial charge in [0, 0.05) is 0 Å². The first-order valence-electron chi connectivity index (χ1n) is 7.46. The Morgan fingerprint density at radius 2 is 1.59 bits per heavy atom. The Bertz CT molecular complexity index is 303. The van der Waals surface area contributed by atoms with E-state index >= 15 is 0 Å². The topological polar surface area (TPSA) is 0 Å². The molecule has 0 heteroatoms. The van der Waals surface area contributed by atoms with Crippen LogP contribution in [-0.4, -0.2) is 0 Å². The van der Waals surface area contributed by atoms with E-state index in [1.165, 1.54) is 62.5 Å². The fraction of sp³-hybridized carbons (Fsp3) is 0.647. The van der Waals surface area contributed by atoms with Gasteiger partial charge in [-0.1, -0.05) is 69.7 Å². The van der Waals surface area contributed by atoms with Crippen LogP contribution in [0.3, 0.4) is 0 Å². The zero-order valence-corrected chi connectivity index (χ0v) is 11.3. The van der Waals surface area contributed by atoms with Gasteiger partial charge in [0.25, 0.3) is 0 Å². The molecule has 2 rings (SSSR count). The Kier molecular flexibility index (Phi) is 5.09. The molecule has 1 saturated carbocycles. The summed E-state index contributed by atoms with van der Waals surface area (Å²) in [4.78, 5) is 0. The maximum absolute atomic E-state index is 2.32. The van der Waals surface area contributed by atoms with Crippen molar-refractivity contribution in [1.82, 2.24) is 0 Å². The number of rotatable bonds is 5. The summed E-state index contributed by atoms with van der Waals surface area (Å²) in [5.74, 6) is 1.04. The van der Waals surface area contributed by atoms with Crippen LogP contribution in [0.1, 0.15) is 63.0 Å². The molecular formula is C17H26. The first-order chi connectivity index (χ1) is 8.38. The van der Waals surface area contributed by atoms with Crippen LogP contribution in [0, 0.1) is 5.92 Å². The highest BCUT2D eigenvalue weighted by atomic mass is 14.2. The van der Waals surface area contributed by atoms with E-state index in [0.29, 0.717) is 0 Å². The van der Waals surface area contributed by atoms with Crippen molar-refractivity contribution in [1.29, 1.82) is 0 Å². The summed E-state index contributed by atoms with van der Waals surface area (Å²) in [6.45, 7) is 2.22. The molecule has 1 aromatic carbocycles. The van der Waals surface area contributed by atoms with Crippen molar-refractivity contribution in [2.75, 3.05) is 0 Å². The second-order valence-electron chi connectivity index (χ2n) is 5.57. The van der Waals surface area contributed by atoms with Crippen molar-refractivity contribution in [2.24, 2.45) is 5.92 Å². The van der Waals surface area contributed by atoms with Crippen molar-refractivity contribution >= 4 is 0 Å². The molecule has 0 atom stereocenters. The molecule has 17 heavy (non-hydrogen) atoms. The molecule has 0 radical (unpaired) electrons. The van der Waals surface area contributed by atoms with Crippen LogP contribution in [0.4, 0.5) is 0 Å². The predicted octanol–water partition coefficient (Wildman–Crippen LogP) is 5.15. The van der Waals surface area contributed by atoms with Gasteiger partial charge in [0.2, 0.25) is 0 Å². The van der Waals surface area contributed by atoms with E-state index in [4.69, 9.17) is 0 Å². The molecule has 0 N–H and O–H groups in total. The van der Waals surface area contributed by atoms with Crippen LogP contribution in [0.2, 0.25) is 0 Å². The van der Waals surface area contributed by atoms with Crippen LogP contribution in [-0.2, 0) is 12.8 Å². The Labute approximate surface area is 106 Å². The van der Waals surface area contributed by atoms with Crippen LogP contribution < -0.4 is 0 Å². The van der Waals surface area contributed by atoms with E-state index in [0.717, 1.165) is 12.3 Å². The summed E-state index contributed by atoms with van der Waals surface area (Å²) in [5.41, 5.74) is 2.99. The molecule has 0 aromatic heterocycles. The zero-order valence-electron chi connectivity index (χ0n) is 11.3. The van der Waals surface area contributed by atoms with Crippen molar-refractivity contribution in [2.45, 2.75) is 64.7 Å². The van der Waals surface area contributed by atoms with Crippen LogP contribution in [0.5, 0.6) is 0 Å². The Hall–Kier alpha value is -0.780. The second kappa shape index (κ2) is 6.83. The molecule has 0 nitrogen and oxygen atoms in total. The Morgan fingerprint density at radius 1 is 0.941 bits per heavy atom. The minimum atomic E-state index is 1.04. The molecule has 1 aliphatic carbocycles. The summed E-state index contributed by atoms with van der Waals surface area (Å²) >= 11 is 0. The van der Waals surface area contributed by atoms with Gasteiger partial charge < -0.3 is 0 Å². The van der Waals surface area contributed by atoms with E-state index in [2.05, 4.69) is 31.2 Å². The minimum absolute atomic E-state index is 1.04. The third kappa shape index (κ3) is 4.18. The average molecular weight is 230 g/mol. The van der Waals surface area contributed by atoms with Gasteiger partial charge >= 0.3 is 0 Å². The lowest BCUT2D eigenvalue weighted by Gasteiger charge is -2.21. The largest absolute Gasteiger partial charge is 0.0613 e. The summed E-state index contributed by atoms with van der Waals surface area (Å²) < 4.78 is 0. The molecule has 1 fully saturated rings. The lowest BCUT2D eigenvalue weighted by molar-refractivity contribution is 0.332. The predicted molar refractivity (Wildman–Crippen MR) is 75.3 cm³/mol. The lowest BCUT2D eigenvalue weighted by atomic mass is 9.85. The van der Waals surface area contributed by atoms with Gasteiger partial charge in [-0.2, -0.15) is 0 Å². The quantitative estimate of drug-likeness (QED) is 0.656. The molecular weight excluding hydrogens is 204 g/mol. The summed E-state index contributed by atoms with van der Waals surface area (Å²) in [5, 5.41) is 0. The van der Waals surface area contributed by atoms with E-state index in [9.17, 15) is 0 Å². The number of hydrogen-bond donors (Lipinski definition) is 0. The van der Waals surface area contributed by atoms with Crippen LogP contribution >= 0.6 is 0 Å². The van der Waals surface area contributed by atoms with Crippen molar-refractivity contribution < 1.29 is 0 Å². The third-order valence-electron chi connectivity index (χ3n) is 4.23. The third-order valence-corrected chi connectivity index (χ3v) is 4.23. The normalized spacial score (nSPS) is 17.2. The smallest absolute Gasteiger partial charge is 0.0279 e. The lowest BCUT2D eigenvalue weighted by Crippen LogP contribution is -2.06. The van der Waals surface area contributed by atoms with Gasteiger partial charge in [0.15, 0.2) is 0 Å². The Balaban J connectivity index is 1.69. The summed E-state index contributed by atoms with van der Waals surface area (Å²) in [6.07, 6.45) is 12.7. The monoisotopic (exact) mass is 230 g/mol. The molecule has 0 saturated heterocycles. The minimum Gasteiger partial charge on any atom is -0.0613 e. The highest BCUT2D eigenvalue weighted by Gasteiger charge is 2.12. The summed E-state index contributed by atoms with van der Waals surface area (Å²) in [7, 11) is 0. The van der Waals surface area contributed by atoms with Gasteiger partial charge in [0.1, 0.15) is 0 Å². The Morgan fingerprint density at radius 3 is 2.24 bits per heavy atom. The molecule has 94 valence electrons. The van der Waals surface area contributed by atoms with Gasteiger partial charge in [-0.25, -0.2) is 0 Å². The average Bonchev–Trinajstić information content (AvgIpc) is 2.41. The molecule has 0 heterocycles. The SMILES string of the molecule is CCc1ccc(CCCC2CCCCC2)cc1. The van der Waals surface area contributed by atoms with E-state index < -0.39 is 0 Å². The van der Waals surface area contributed by atoms with Gasteiger partial charge in [0.05, 0.1) is 0 Å². The van der Waals surface area contributed by atoms with E-state index in [-0.39, 0.29) is 0 Å². The van der Waals surface area contributed by atoms with E-state index in [1.807, 2.05) is 0 Å². The molecule has 0 spiro atoms. The number of benzene rings is 1. The zero-order chi connectivity index (χ0) is 11.9. The molecule has 0 amide bonds. The maximum Gasteiger partial charge on any atom is -0.0279 e. The standard InChI is InChI=1S/C17H26/c1-2-15-11-13-17(14-12-15)10-6-9-16-7-4-3-5-8-16/h11-14,16H,2-10H2,1H3. The van der Waals surface area contributed by atoms with Crippen LogP contribution in [0.15, 0.2) is 24.3 Å². The first-order valence-corrected chi connectivity index (χ1v) is 7.46. The van der Waals surface area contributed by atoms with Gasteiger partial charge in [-0.15, -0.1) is 0 Å². The second-order valence-corrected chi connectivity index (χ2v) is 5.57. The highest BCUT2D eigenvalue weighted by molar-refractivity contribution is 5.22. The molecule has 1 aromatic rings. The molecule has 0 bridgehead atoms. The maximum atomic E-state index is 2.32. The highest BCUT2D eigenvalue weighted by Crippen LogP contribution is 2.27. The van der Waals surface area contributed by atoms with Crippen LogP contribution in [0.25, 0.3) is 0 Å². The van der Waals surface area contributed by atoms with Crippen molar-refractivity contribution in [3.63, 3.8) is 0 Å². The number of aryl methyl sites for hydroxylation is 2.